The lowest BCUT2D eigenvalue weighted by Gasteiger charge is -2.34. The number of hydrogen-bond donors (Lipinski definition) is 0. The van der Waals surface area contributed by atoms with E-state index in [9.17, 15) is 9.59 Å². The zero-order chi connectivity index (χ0) is 16.2. The highest BCUT2D eigenvalue weighted by Crippen LogP contribution is 2.12. The molecule has 6 nitrogen and oxygen atoms in total. The number of carbonyl (C=O) groups is 2. The van der Waals surface area contributed by atoms with Crippen molar-refractivity contribution in [2.24, 2.45) is 0 Å². The molecule has 0 atom stereocenters. The molecule has 2 aromatic rings. The highest BCUT2D eigenvalue weighted by Gasteiger charge is 2.27. The molecule has 0 bridgehead atoms. The average molecular weight is 310 g/mol. The van der Waals surface area contributed by atoms with Crippen LogP contribution in [0, 0.1) is 6.92 Å². The van der Waals surface area contributed by atoms with Gasteiger partial charge in [0, 0.05) is 44.1 Å². The Bertz CT molecular complexity index is 692. The lowest BCUT2D eigenvalue weighted by molar-refractivity contribution is -0.126. The second-order valence-electron chi connectivity index (χ2n) is 5.52. The summed E-state index contributed by atoms with van der Waals surface area (Å²) in [4.78, 5) is 36.7. The van der Waals surface area contributed by atoms with Gasteiger partial charge in [0.25, 0.3) is 5.91 Å². The molecule has 0 N–H and O–H groups in total. The second-order valence-corrected chi connectivity index (χ2v) is 5.52. The van der Waals surface area contributed by atoms with E-state index in [1.165, 1.54) is 0 Å². The number of ketones is 1. The SMILES string of the molecule is Cc1ccc(C(=O)C(=O)N2CCN(c3ncccn3)CC2)cc1. The third kappa shape index (κ3) is 3.36. The van der Waals surface area contributed by atoms with Gasteiger partial charge in [-0.25, -0.2) is 9.97 Å². The van der Waals surface area contributed by atoms with Gasteiger partial charge in [0.05, 0.1) is 0 Å². The van der Waals surface area contributed by atoms with Crippen LogP contribution in [-0.2, 0) is 4.79 Å². The average Bonchev–Trinajstić information content (AvgIpc) is 2.62. The largest absolute Gasteiger partial charge is 0.337 e. The summed E-state index contributed by atoms with van der Waals surface area (Å²) in [6.07, 6.45) is 3.39. The van der Waals surface area contributed by atoms with Gasteiger partial charge >= 0.3 is 0 Å². The number of aromatic nitrogens is 2. The van der Waals surface area contributed by atoms with Gasteiger partial charge in [-0.2, -0.15) is 0 Å². The zero-order valence-electron chi connectivity index (χ0n) is 13.0. The molecule has 1 aliphatic rings. The standard InChI is InChI=1S/C17H18N4O2/c1-13-3-5-14(6-4-13)15(22)16(23)20-9-11-21(12-10-20)17-18-7-2-8-19-17/h2-8H,9-12H2,1H3. The summed E-state index contributed by atoms with van der Waals surface area (Å²) in [5.41, 5.74) is 1.50. The van der Waals surface area contributed by atoms with Crippen molar-refractivity contribution in [3.05, 3.63) is 53.9 Å². The minimum Gasteiger partial charge on any atom is -0.337 e. The number of rotatable bonds is 3. The summed E-state index contributed by atoms with van der Waals surface area (Å²) in [5, 5.41) is 0. The van der Waals surface area contributed by atoms with Crippen molar-refractivity contribution >= 4 is 17.6 Å². The quantitative estimate of drug-likeness (QED) is 0.632. The highest BCUT2D eigenvalue weighted by molar-refractivity contribution is 6.42. The number of nitrogens with zero attached hydrogens (tertiary/aromatic N) is 4. The van der Waals surface area contributed by atoms with Gasteiger partial charge in [-0.15, -0.1) is 0 Å². The van der Waals surface area contributed by atoms with Crippen molar-refractivity contribution in [2.45, 2.75) is 6.92 Å². The zero-order valence-corrected chi connectivity index (χ0v) is 13.0. The number of anilines is 1. The summed E-state index contributed by atoms with van der Waals surface area (Å²) in [5.74, 6) is -0.235. The molecule has 0 radical (unpaired) electrons. The maximum Gasteiger partial charge on any atom is 0.295 e. The molecule has 23 heavy (non-hydrogen) atoms. The molecular weight excluding hydrogens is 292 g/mol. The van der Waals surface area contributed by atoms with Crippen LogP contribution in [0.2, 0.25) is 0 Å². The van der Waals surface area contributed by atoms with Gasteiger partial charge in [-0.3, -0.25) is 9.59 Å². The van der Waals surface area contributed by atoms with Crippen LogP contribution in [0.25, 0.3) is 0 Å². The topological polar surface area (TPSA) is 66.4 Å². The Balaban J connectivity index is 1.62. The second kappa shape index (κ2) is 6.56. The predicted molar refractivity (Wildman–Crippen MR) is 86.3 cm³/mol. The van der Waals surface area contributed by atoms with Gasteiger partial charge < -0.3 is 9.80 Å². The van der Waals surface area contributed by atoms with E-state index in [1.807, 2.05) is 24.0 Å². The molecule has 1 aromatic heterocycles. The molecule has 1 aliphatic heterocycles. The molecule has 0 saturated carbocycles. The van der Waals surface area contributed by atoms with Gasteiger partial charge in [-0.05, 0) is 13.0 Å². The minimum atomic E-state index is -0.450. The van der Waals surface area contributed by atoms with Gasteiger partial charge in [-0.1, -0.05) is 29.8 Å². The first-order valence-corrected chi connectivity index (χ1v) is 7.57. The fourth-order valence-electron chi connectivity index (χ4n) is 2.54. The monoisotopic (exact) mass is 310 g/mol. The van der Waals surface area contributed by atoms with Crippen LogP contribution in [0.3, 0.4) is 0 Å². The van der Waals surface area contributed by atoms with Crippen molar-refractivity contribution < 1.29 is 9.59 Å². The van der Waals surface area contributed by atoms with Crippen LogP contribution in [0.4, 0.5) is 5.95 Å². The normalized spacial score (nSPS) is 14.7. The molecule has 3 rings (SSSR count). The van der Waals surface area contributed by atoms with E-state index in [1.54, 1.807) is 35.5 Å². The molecule has 2 heterocycles. The van der Waals surface area contributed by atoms with E-state index >= 15 is 0 Å². The number of carbonyl (C=O) groups excluding carboxylic acids is 2. The van der Waals surface area contributed by atoms with E-state index in [2.05, 4.69) is 9.97 Å². The Morgan fingerprint density at radius 3 is 2.17 bits per heavy atom. The lowest BCUT2D eigenvalue weighted by atomic mass is 10.1. The van der Waals surface area contributed by atoms with Crippen LogP contribution >= 0.6 is 0 Å². The van der Waals surface area contributed by atoms with E-state index in [-0.39, 0.29) is 0 Å². The van der Waals surface area contributed by atoms with E-state index < -0.39 is 11.7 Å². The first-order valence-electron chi connectivity index (χ1n) is 7.57. The predicted octanol–water partition coefficient (Wildman–Crippen LogP) is 1.32. The number of aryl methyl sites for hydroxylation is 1. The van der Waals surface area contributed by atoms with Crippen molar-refractivity contribution in [3.8, 4) is 0 Å². The van der Waals surface area contributed by atoms with Gasteiger partial charge in [0.1, 0.15) is 0 Å². The van der Waals surface area contributed by atoms with Crippen LogP contribution in [0.15, 0.2) is 42.7 Å². The Kier molecular flexibility index (Phi) is 4.32. The number of Topliss-reactive ketones (excluding diaryl/α,β-unsaturated/α-hetero) is 1. The maximum absolute atomic E-state index is 12.4. The van der Waals surface area contributed by atoms with Crippen LogP contribution < -0.4 is 4.90 Å². The summed E-state index contributed by atoms with van der Waals surface area (Å²) < 4.78 is 0. The van der Waals surface area contributed by atoms with Crippen LogP contribution in [-0.4, -0.2) is 52.7 Å². The molecule has 118 valence electrons. The molecule has 6 heteroatoms. The number of amides is 1. The summed E-state index contributed by atoms with van der Waals surface area (Å²) in [7, 11) is 0. The lowest BCUT2D eigenvalue weighted by Crippen LogP contribution is -2.51. The first-order chi connectivity index (χ1) is 11.1. The minimum absolute atomic E-state index is 0.439. The van der Waals surface area contributed by atoms with Crippen LogP contribution in [0.5, 0.6) is 0 Å². The van der Waals surface area contributed by atoms with E-state index in [0.29, 0.717) is 37.7 Å². The van der Waals surface area contributed by atoms with Crippen molar-refractivity contribution in [2.75, 3.05) is 31.1 Å². The molecule has 0 aliphatic carbocycles. The molecule has 0 spiro atoms. The van der Waals surface area contributed by atoms with Gasteiger partial charge in [0.15, 0.2) is 0 Å². The maximum atomic E-state index is 12.4. The molecule has 1 fully saturated rings. The number of benzene rings is 1. The molecule has 1 aromatic carbocycles. The Morgan fingerprint density at radius 1 is 0.957 bits per heavy atom. The first kappa shape index (κ1) is 15.1. The van der Waals surface area contributed by atoms with Crippen LogP contribution in [0.1, 0.15) is 15.9 Å². The Morgan fingerprint density at radius 2 is 1.57 bits per heavy atom. The molecular formula is C17H18N4O2. The summed E-state index contributed by atoms with van der Waals surface area (Å²) in [6.45, 7) is 4.18. The Hall–Kier alpha value is -2.76. The van der Waals surface area contributed by atoms with Crippen molar-refractivity contribution in [1.29, 1.82) is 0 Å². The fraction of sp³-hybridized carbons (Fsp3) is 0.294. The summed E-state index contributed by atoms with van der Waals surface area (Å²) >= 11 is 0. The third-order valence-electron chi connectivity index (χ3n) is 3.91. The van der Waals surface area contributed by atoms with Gasteiger partial charge in [0.2, 0.25) is 11.7 Å². The van der Waals surface area contributed by atoms with E-state index in [4.69, 9.17) is 0 Å². The third-order valence-corrected chi connectivity index (χ3v) is 3.91. The summed E-state index contributed by atoms with van der Waals surface area (Å²) in [6, 6.07) is 8.84. The highest BCUT2D eigenvalue weighted by atomic mass is 16.2. The fourth-order valence-corrected chi connectivity index (χ4v) is 2.54. The van der Waals surface area contributed by atoms with Crippen molar-refractivity contribution in [3.63, 3.8) is 0 Å². The molecule has 1 amide bonds. The van der Waals surface area contributed by atoms with Crippen molar-refractivity contribution in [1.82, 2.24) is 14.9 Å². The molecule has 1 saturated heterocycles. The molecule has 0 unspecified atom stereocenters. The number of hydrogen-bond acceptors (Lipinski definition) is 5. The number of piperazine rings is 1. The smallest absolute Gasteiger partial charge is 0.295 e. The van der Waals surface area contributed by atoms with E-state index in [0.717, 1.165) is 5.56 Å². The Labute approximate surface area is 134 Å².